The number of amides is 1. The van der Waals surface area contributed by atoms with Crippen LogP contribution in [0.1, 0.15) is 31.0 Å². The molecule has 2 aliphatic rings. The van der Waals surface area contributed by atoms with Crippen LogP contribution in [0.15, 0.2) is 69.6 Å². The molecule has 9 nitrogen and oxygen atoms in total. The van der Waals surface area contributed by atoms with Crippen molar-refractivity contribution in [3.8, 4) is 5.75 Å². The molecule has 208 valence electrons. The molecular weight excluding hydrogens is 554 g/mol. The van der Waals surface area contributed by atoms with Crippen molar-refractivity contribution >= 4 is 40.9 Å². The molecule has 0 N–H and O–H groups in total. The summed E-state index contributed by atoms with van der Waals surface area (Å²) in [7, 11) is 0. The van der Waals surface area contributed by atoms with E-state index in [1.165, 1.54) is 15.9 Å². The molecule has 1 fully saturated rings. The van der Waals surface area contributed by atoms with E-state index >= 15 is 0 Å². The van der Waals surface area contributed by atoms with Crippen LogP contribution in [0.3, 0.4) is 0 Å². The van der Waals surface area contributed by atoms with Gasteiger partial charge in [-0.2, -0.15) is 0 Å². The zero-order valence-corrected chi connectivity index (χ0v) is 23.7. The van der Waals surface area contributed by atoms with Gasteiger partial charge < -0.3 is 19.1 Å². The second kappa shape index (κ2) is 12.2. The van der Waals surface area contributed by atoms with Gasteiger partial charge in [-0.1, -0.05) is 47.2 Å². The van der Waals surface area contributed by atoms with Gasteiger partial charge in [0.25, 0.3) is 11.5 Å². The third-order valence-electron chi connectivity index (χ3n) is 6.61. The van der Waals surface area contributed by atoms with Crippen LogP contribution in [0.5, 0.6) is 5.75 Å². The highest BCUT2D eigenvalue weighted by Crippen LogP contribution is 2.31. The molecule has 0 bridgehead atoms. The van der Waals surface area contributed by atoms with Crippen LogP contribution in [-0.4, -0.2) is 60.9 Å². The second-order valence-corrected chi connectivity index (χ2v) is 10.7. The topological polar surface area (TPSA) is 99.4 Å². The number of halogens is 1. The number of rotatable bonds is 7. The molecule has 11 heteroatoms. The van der Waals surface area contributed by atoms with Crippen molar-refractivity contribution in [2.45, 2.75) is 19.9 Å². The molecule has 1 saturated heterocycles. The highest BCUT2D eigenvalue weighted by Gasteiger charge is 2.33. The summed E-state index contributed by atoms with van der Waals surface area (Å²) < 4.78 is 18.3. The van der Waals surface area contributed by atoms with Crippen LogP contribution in [0.2, 0.25) is 5.02 Å². The number of ether oxygens (including phenoxy) is 3. The monoisotopic (exact) mass is 581 g/mol. The fraction of sp³-hybridized carbons (Fsp3) is 0.310. The van der Waals surface area contributed by atoms with Crippen LogP contribution in [0.4, 0.5) is 0 Å². The molecule has 0 unspecified atom stereocenters. The number of morpholine rings is 1. The summed E-state index contributed by atoms with van der Waals surface area (Å²) >= 11 is 7.36. The maximum atomic E-state index is 13.7. The van der Waals surface area contributed by atoms with Gasteiger partial charge in [0.1, 0.15) is 5.75 Å². The maximum absolute atomic E-state index is 13.7. The van der Waals surface area contributed by atoms with Crippen LogP contribution in [0, 0.1) is 0 Å². The Bertz CT molecular complexity index is 1620. The zero-order valence-electron chi connectivity index (χ0n) is 22.1. The Labute approximate surface area is 239 Å². The minimum atomic E-state index is -0.700. The van der Waals surface area contributed by atoms with E-state index in [2.05, 4.69) is 4.99 Å². The number of benzene rings is 2. The first-order valence-electron chi connectivity index (χ1n) is 12.9. The van der Waals surface area contributed by atoms with Crippen molar-refractivity contribution in [3.63, 3.8) is 0 Å². The van der Waals surface area contributed by atoms with Crippen molar-refractivity contribution in [1.82, 2.24) is 9.47 Å². The minimum absolute atomic E-state index is 0.0508. The Morgan fingerprint density at radius 2 is 1.82 bits per heavy atom. The third kappa shape index (κ3) is 5.89. The molecular formula is C29H28ClN3O6S. The summed E-state index contributed by atoms with van der Waals surface area (Å²) in [6.45, 7) is 5.84. The van der Waals surface area contributed by atoms with Crippen molar-refractivity contribution in [2.24, 2.45) is 4.99 Å². The predicted molar refractivity (Wildman–Crippen MR) is 151 cm³/mol. The van der Waals surface area contributed by atoms with E-state index in [0.29, 0.717) is 57.7 Å². The average Bonchev–Trinajstić information content (AvgIpc) is 3.26. The van der Waals surface area contributed by atoms with Gasteiger partial charge in [-0.15, -0.1) is 0 Å². The lowest BCUT2D eigenvalue weighted by atomic mass is 9.96. The number of carbonyl (C=O) groups is 2. The van der Waals surface area contributed by atoms with E-state index in [9.17, 15) is 14.4 Å². The molecule has 1 aromatic heterocycles. The maximum Gasteiger partial charge on any atom is 0.338 e. The predicted octanol–water partition coefficient (Wildman–Crippen LogP) is 2.69. The number of hydrogen-bond acceptors (Lipinski definition) is 8. The van der Waals surface area contributed by atoms with Gasteiger partial charge in [0.15, 0.2) is 11.4 Å². The van der Waals surface area contributed by atoms with Crippen molar-refractivity contribution in [2.75, 3.05) is 39.5 Å². The fourth-order valence-corrected chi connectivity index (χ4v) is 5.79. The summed E-state index contributed by atoms with van der Waals surface area (Å²) in [6.07, 6.45) is 1.77. The molecule has 1 atom stereocenters. The molecule has 0 radical (unpaired) electrons. The number of aromatic nitrogens is 1. The molecule has 3 aromatic rings. The van der Waals surface area contributed by atoms with Crippen molar-refractivity contribution in [3.05, 3.63) is 95.6 Å². The Kier molecular flexibility index (Phi) is 8.49. The number of hydrogen-bond donors (Lipinski definition) is 0. The Morgan fingerprint density at radius 1 is 1.12 bits per heavy atom. The Morgan fingerprint density at radius 3 is 2.50 bits per heavy atom. The fourth-order valence-electron chi connectivity index (χ4n) is 4.61. The summed E-state index contributed by atoms with van der Waals surface area (Å²) in [5.41, 5.74) is 2.05. The smallest absolute Gasteiger partial charge is 0.338 e. The van der Waals surface area contributed by atoms with Gasteiger partial charge in [0.05, 0.1) is 41.7 Å². The van der Waals surface area contributed by atoms with Gasteiger partial charge in [-0.3, -0.25) is 14.2 Å². The highest BCUT2D eigenvalue weighted by atomic mass is 35.5. The van der Waals surface area contributed by atoms with Crippen LogP contribution >= 0.6 is 22.9 Å². The van der Waals surface area contributed by atoms with Gasteiger partial charge in [0, 0.05) is 18.1 Å². The van der Waals surface area contributed by atoms with E-state index in [4.69, 9.17) is 25.8 Å². The number of nitrogens with zero attached hydrogens (tertiary/aromatic N) is 3. The van der Waals surface area contributed by atoms with Crippen LogP contribution in [-0.2, 0) is 19.1 Å². The zero-order chi connectivity index (χ0) is 28.2. The lowest BCUT2D eigenvalue weighted by Gasteiger charge is -2.26. The van der Waals surface area contributed by atoms with E-state index in [-0.39, 0.29) is 24.7 Å². The molecule has 1 amide bonds. The SMILES string of the molecule is CCOC(=O)C1=C(C)N=c2s/c(=C/c3ccc(OCC(=O)N4CCOCC4)cc3)c(=O)n2[C@H]1c1ccc(Cl)cc1. The Balaban J connectivity index is 1.43. The quantitative estimate of drug-likeness (QED) is 0.398. The summed E-state index contributed by atoms with van der Waals surface area (Å²) in [4.78, 5) is 45.8. The lowest BCUT2D eigenvalue weighted by Crippen LogP contribution is -2.42. The number of allylic oxidation sites excluding steroid dienone is 1. The molecule has 5 rings (SSSR count). The molecule has 0 saturated carbocycles. The number of carbonyl (C=O) groups excluding carboxylic acids is 2. The number of thiazole rings is 1. The normalized spacial score (nSPS) is 17.3. The van der Waals surface area contributed by atoms with Crippen molar-refractivity contribution in [1.29, 1.82) is 0 Å². The van der Waals surface area contributed by atoms with E-state index in [1.807, 2.05) is 12.1 Å². The molecule has 0 spiro atoms. The largest absolute Gasteiger partial charge is 0.484 e. The average molecular weight is 582 g/mol. The number of esters is 1. The molecule has 3 heterocycles. The first-order chi connectivity index (χ1) is 19.4. The highest BCUT2D eigenvalue weighted by molar-refractivity contribution is 7.07. The molecule has 2 aromatic carbocycles. The summed E-state index contributed by atoms with van der Waals surface area (Å²) in [6, 6.07) is 13.5. The molecule has 40 heavy (non-hydrogen) atoms. The third-order valence-corrected chi connectivity index (χ3v) is 7.84. The molecule has 2 aliphatic heterocycles. The van der Waals surface area contributed by atoms with Crippen molar-refractivity contribution < 1.29 is 23.8 Å². The first kappa shape index (κ1) is 27.8. The van der Waals surface area contributed by atoms with Gasteiger partial charge >= 0.3 is 5.97 Å². The standard InChI is InChI=1S/C29H28ClN3O6S/c1-3-38-28(36)25-18(2)31-29-33(26(25)20-6-8-21(30)9-7-20)27(35)23(40-29)16-19-4-10-22(11-5-19)39-17-24(34)32-12-14-37-15-13-32/h4-11,16,26H,3,12-15,17H2,1-2H3/b23-16+/t26-/m0/s1. The van der Waals surface area contributed by atoms with Gasteiger partial charge in [-0.05, 0) is 55.3 Å². The minimum Gasteiger partial charge on any atom is -0.484 e. The van der Waals surface area contributed by atoms with Gasteiger partial charge in [-0.25, -0.2) is 9.79 Å². The van der Waals surface area contributed by atoms with E-state index in [0.717, 1.165) is 11.1 Å². The van der Waals surface area contributed by atoms with Crippen LogP contribution in [0.25, 0.3) is 6.08 Å². The summed E-state index contributed by atoms with van der Waals surface area (Å²) in [5.74, 6) is -0.0421. The summed E-state index contributed by atoms with van der Waals surface area (Å²) in [5, 5.41) is 0.549. The van der Waals surface area contributed by atoms with Gasteiger partial charge in [0.2, 0.25) is 0 Å². The lowest BCUT2D eigenvalue weighted by molar-refractivity contribution is -0.139. The first-order valence-corrected chi connectivity index (χ1v) is 14.1. The second-order valence-electron chi connectivity index (χ2n) is 9.20. The van der Waals surface area contributed by atoms with E-state index in [1.54, 1.807) is 61.2 Å². The number of fused-ring (bicyclic) bond motifs is 1. The van der Waals surface area contributed by atoms with E-state index < -0.39 is 12.0 Å². The van der Waals surface area contributed by atoms with Crippen LogP contribution < -0.4 is 19.6 Å². The Hall–Kier alpha value is -3.73. The molecule has 0 aliphatic carbocycles.